The third-order valence-electron chi connectivity index (χ3n) is 6.84. The molecule has 8 heteroatoms. The SMILES string of the molecule is CO[C@]1(c2cccc(C(N)=O)c2)[C@@H]2CCC[C@H]1CN(CCN1CCNC1=O)C2.Cl. The van der Waals surface area contributed by atoms with Gasteiger partial charge in [-0.25, -0.2) is 4.79 Å². The summed E-state index contributed by atoms with van der Waals surface area (Å²) in [6.07, 6.45) is 3.41. The van der Waals surface area contributed by atoms with Crippen molar-refractivity contribution in [1.82, 2.24) is 15.1 Å². The number of amides is 3. The standard InChI is InChI=1S/C21H30N4O3.ClH/c1-28-21(16-5-2-4-15(12-16)19(22)26)17-6-3-7-18(21)14-24(13-17)10-11-25-9-8-23-20(25)27;/h2,4-5,12,17-18H,3,6-11,13-14H2,1H3,(H2,22,26)(H,23,27);1H/t17-,18+,21-;. The molecule has 2 bridgehead atoms. The van der Waals surface area contributed by atoms with Gasteiger partial charge in [0.25, 0.3) is 0 Å². The maximum Gasteiger partial charge on any atom is 0.317 e. The second-order valence-electron chi connectivity index (χ2n) is 8.25. The first kappa shape index (κ1) is 21.9. The molecule has 160 valence electrons. The monoisotopic (exact) mass is 422 g/mol. The summed E-state index contributed by atoms with van der Waals surface area (Å²) in [5.74, 6) is 0.320. The average Bonchev–Trinajstić information content (AvgIpc) is 3.10. The van der Waals surface area contributed by atoms with Crippen LogP contribution in [0.25, 0.3) is 0 Å². The number of ether oxygens (including phenoxy) is 1. The van der Waals surface area contributed by atoms with Crippen LogP contribution in [0.15, 0.2) is 24.3 Å². The molecule has 3 atom stereocenters. The normalized spacial score (nSPS) is 29.3. The summed E-state index contributed by atoms with van der Waals surface area (Å²) in [5.41, 5.74) is 6.76. The van der Waals surface area contributed by atoms with Gasteiger partial charge in [0, 0.05) is 63.8 Å². The predicted octanol–water partition coefficient (Wildman–Crippen LogP) is 1.81. The van der Waals surface area contributed by atoms with Gasteiger partial charge < -0.3 is 25.6 Å². The van der Waals surface area contributed by atoms with E-state index in [1.165, 1.54) is 6.42 Å². The molecule has 0 aromatic heterocycles. The number of nitrogens with one attached hydrogen (secondary N) is 1. The summed E-state index contributed by atoms with van der Waals surface area (Å²) >= 11 is 0. The van der Waals surface area contributed by atoms with Gasteiger partial charge in [-0.05, 0) is 30.5 Å². The Labute approximate surface area is 178 Å². The maximum absolute atomic E-state index is 11.8. The number of hydrogen-bond acceptors (Lipinski definition) is 4. The van der Waals surface area contributed by atoms with Crippen LogP contribution in [-0.2, 0) is 10.3 Å². The molecule has 29 heavy (non-hydrogen) atoms. The lowest BCUT2D eigenvalue weighted by Crippen LogP contribution is -2.59. The molecule has 2 heterocycles. The molecule has 4 rings (SSSR count). The number of carbonyl (C=O) groups excluding carboxylic acids is 2. The molecule has 1 aliphatic carbocycles. The number of nitrogens with zero attached hydrogens (tertiary/aromatic N) is 2. The van der Waals surface area contributed by atoms with E-state index in [9.17, 15) is 9.59 Å². The Morgan fingerprint density at radius 2 is 2.00 bits per heavy atom. The first-order valence-corrected chi connectivity index (χ1v) is 10.2. The highest BCUT2D eigenvalue weighted by molar-refractivity contribution is 5.93. The van der Waals surface area contributed by atoms with E-state index < -0.39 is 5.91 Å². The summed E-state index contributed by atoms with van der Waals surface area (Å²) < 4.78 is 6.26. The van der Waals surface area contributed by atoms with Gasteiger partial charge in [0.2, 0.25) is 5.91 Å². The number of carbonyl (C=O) groups is 2. The number of hydrogen-bond donors (Lipinski definition) is 2. The number of likely N-dealkylation sites (tertiary alicyclic amines) is 1. The zero-order valence-corrected chi connectivity index (χ0v) is 17.7. The van der Waals surface area contributed by atoms with Gasteiger partial charge >= 0.3 is 6.03 Å². The molecule has 0 unspecified atom stereocenters. The van der Waals surface area contributed by atoms with E-state index in [-0.39, 0.29) is 24.0 Å². The van der Waals surface area contributed by atoms with Crippen molar-refractivity contribution in [2.75, 3.05) is 46.4 Å². The first-order chi connectivity index (χ1) is 13.5. The van der Waals surface area contributed by atoms with Crippen LogP contribution in [0.2, 0.25) is 0 Å². The summed E-state index contributed by atoms with van der Waals surface area (Å²) in [7, 11) is 1.80. The number of halogens is 1. The van der Waals surface area contributed by atoms with Crippen molar-refractivity contribution in [2.24, 2.45) is 17.6 Å². The molecule has 3 fully saturated rings. The molecular weight excluding hydrogens is 392 g/mol. The minimum atomic E-state index is -0.403. The van der Waals surface area contributed by atoms with Crippen LogP contribution in [0.4, 0.5) is 4.79 Å². The maximum atomic E-state index is 11.8. The Kier molecular flexibility index (Phi) is 6.71. The second kappa shape index (κ2) is 8.90. The van der Waals surface area contributed by atoms with Crippen LogP contribution in [0.3, 0.4) is 0 Å². The van der Waals surface area contributed by atoms with E-state index in [1.54, 1.807) is 13.2 Å². The molecule has 7 nitrogen and oxygen atoms in total. The van der Waals surface area contributed by atoms with E-state index in [1.807, 2.05) is 17.0 Å². The smallest absolute Gasteiger partial charge is 0.317 e. The number of methoxy groups -OCH3 is 1. The Morgan fingerprint density at radius 3 is 2.59 bits per heavy atom. The summed E-state index contributed by atoms with van der Waals surface area (Å²) in [5, 5.41) is 2.87. The number of nitrogens with two attached hydrogens (primary N) is 1. The third-order valence-corrected chi connectivity index (χ3v) is 6.84. The lowest BCUT2D eigenvalue weighted by molar-refractivity contribution is -0.169. The van der Waals surface area contributed by atoms with Gasteiger partial charge in [-0.2, -0.15) is 0 Å². The highest BCUT2D eigenvalue weighted by atomic mass is 35.5. The highest BCUT2D eigenvalue weighted by Gasteiger charge is 2.53. The van der Waals surface area contributed by atoms with E-state index in [2.05, 4.69) is 16.3 Å². The molecule has 2 saturated heterocycles. The van der Waals surface area contributed by atoms with Crippen molar-refractivity contribution in [3.05, 3.63) is 35.4 Å². The second-order valence-corrected chi connectivity index (χ2v) is 8.25. The van der Waals surface area contributed by atoms with Crippen LogP contribution < -0.4 is 11.1 Å². The molecule has 1 aromatic rings. The number of rotatable bonds is 6. The fourth-order valence-electron chi connectivity index (χ4n) is 5.53. The van der Waals surface area contributed by atoms with Gasteiger partial charge in [-0.3, -0.25) is 4.79 Å². The van der Waals surface area contributed by atoms with Crippen molar-refractivity contribution in [1.29, 1.82) is 0 Å². The fraction of sp³-hybridized carbons (Fsp3) is 0.619. The van der Waals surface area contributed by atoms with Gasteiger partial charge in [0.1, 0.15) is 5.60 Å². The Bertz CT molecular complexity index is 745. The van der Waals surface area contributed by atoms with Crippen LogP contribution in [0, 0.1) is 11.8 Å². The number of fused-ring (bicyclic) bond motifs is 2. The van der Waals surface area contributed by atoms with Crippen LogP contribution >= 0.6 is 12.4 Å². The molecule has 1 aromatic carbocycles. The van der Waals surface area contributed by atoms with Gasteiger partial charge in [-0.1, -0.05) is 18.6 Å². The summed E-state index contributed by atoms with van der Waals surface area (Å²) in [6, 6.07) is 7.71. The zero-order valence-electron chi connectivity index (χ0n) is 16.9. The van der Waals surface area contributed by atoms with Crippen molar-refractivity contribution < 1.29 is 14.3 Å². The van der Waals surface area contributed by atoms with Crippen molar-refractivity contribution in [3.63, 3.8) is 0 Å². The first-order valence-electron chi connectivity index (χ1n) is 10.2. The minimum absolute atomic E-state index is 0. The molecule has 3 aliphatic rings. The van der Waals surface area contributed by atoms with Crippen LogP contribution in [0.5, 0.6) is 0 Å². The number of urea groups is 1. The topological polar surface area (TPSA) is 87.9 Å². The van der Waals surface area contributed by atoms with Crippen molar-refractivity contribution >= 4 is 24.3 Å². The lowest BCUT2D eigenvalue weighted by Gasteiger charge is -2.55. The van der Waals surface area contributed by atoms with Crippen LogP contribution in [0.1, 0.15) is 35.2 Å². The third kappa shape index (κ3) is 3.96. The van der Waals surface area contributed by atoms with E-state index in [0.29, 0.717) is 17.4 Å². The molecule has 0 radical (unpaired) electrons. The number of primary amides is 1. The summed E-state index contributed by atoms with van der Waals surface area (Å²) in [4.78, 5) is 27.9. The molecule has 2 aliphatic heterocycles. The van der Waals surface area contributed by atoms with E-state index in [0.717, 1.165) is 57.7 Å². The fourth-order valence-corrected chi connectivity index (χ4v) is 5.53. The van der Waals surface area contributed by atoms with E-state index >= 15 is 0 Å². The van der Waals surface area contributed by atoms with Crippen molar-refractivity contribution in [3.8, 4) is 0 Å². The Morgan fingerprint density at radius 1 is 1.28 bits per heavy atom. The minimum Gasteiger partial charge on any atom is -0.373 e. The quantitative estimate of drug-likeness (QED) is 0.731. The Balaban J connectivity index is 0.00000240. The van der Waals surface area contributed by atoms with Crippen molar-refractivity contribution in [2.45, 2.75) is 24.9 Å². The zero-order chi connectivity index (χ0) is 19.7. The lowest BCUT2D eigenvalue weighted by atomic mass is 9.62. The number of benzene rings is 1. The predicted molar refractivity (Wildman–Crippen MR) is 113 cm³/mol. The van der Waals surface area contributed by atoms with E-state index in [4.69, 9.17) is 10.5 Å². The molecule has 3 amide bonds. The van der Waals surface area contributed by atoms with Gasteiger partial charge in [0.15, 0.2) is 0 Å². The molecule has 3 N–H and O–H groups in total. The molecule has 1 saturated carbocycles. The van der Waals surface area contributed by atoms with Crippen LogP contribution in [-0.4, -0.2) is 68.1 Å². The molecule has 0 spiro atoms. The van der Waals surface area contributed by atoms with Gasteiger partial charge in [0.05, 0.1) is 0 Å². The average molecular weight is 423 g/mol. The molecular formula is C21H31ClN4O3. The highest BCUT2D eigenvalue weighted by Crippen LogP contribution is 2.51. The largest absolute Gasteiger partial charge is 0.373 e. The Hall–Kier alpha value is -1.83. The van der Waals surface area contributed by atoms with Gasteiger partial charge in [-0.15, -0.1) is 12.4 Å². The number of piperidine rings is 1. The summed E-state index contributed by atoms with van der Waals surface area (Å²) in [6.45, 7) is 5.08.